The summed E-state index contributed by atoms with van der Waals surface area (Å²) >= 11 is 0. The van der Waals surface area contributed by atoms with Crippen LogP contribution in [0.4, 0.5) is 5.69 Å². The molecular formula is C29H35N3O5S. The molecule has 0 aliphatic carbocycles. The fourth-order valence-corrected chi connectivity index (χ4v) is 5.34. The highest BCUT2D eigenvalue weighted by atomic mass is 32.2. The van der Waals surface area contributed by atoms with E-state index in [1.54, 1.807) is 43.3 Å². The summed E-state index contributed by atoms with van der Waals surface area (Å²) in [5.74, 6) is -0.268. The number of sulfonamides is 1. The monoisotopic (exact) mass is 537 g/mol. The minimum Gasteiger partial charge on any atom is -0.494 e. The zero-order valence-electron chi connectivity index (χ0n) is 22.5. The van der Waals surface area contributed by atoms with Gasteiger partial charge in [-0.05, 0) is 69.7 Å². The number of carbonyl (C=O) groups is 2. The molecule has 0 unspecified atom stereocenters. The summed E-state index contributed by atoms with van der Waals surface area (Å²) in [5, 5.41) is 2.58. The van der Waals surface area contributed by atoms with Gasteiger partial charge in [-0.2, -0.15) is 0 Å². The molecule has 0 aliphatic heterocycles. The van der Waals surface area contributed by atoms with Crippen LogP contribution in [0.25, 0.3) is 0 Å². The first-order valence-corrected chi connectivity index (χ1v) is 13.9. The summed E-state index contributed by atoms with van der Waals surface area (Å²) in [7, 11) is -2.61. The van der Waals surface area contributed by atoms with Crippen LogP contribution in [0.15, 0.2) is 77.7 Å². The number of aryl methyl sites for hydroxylation is 2. The lowest BCUT2D eigenvalue weighted by molar-refractivity contribution is -0.139. The van der Waals surface area contributed by atoms with Crippen LogP contribution in [-0.2, 0) is 26.2 Å². The third-order valence-electron chi connectivity index (χ3n) is 6.21. The van der Waals surface area contributed by atoms with Gasteiger partial charge in [-0.15, -0.1) is 0 Å². The second-order valence-corrected chi connectivity index (χ2v) is 10.9. The van der Waals surface area contributed by atoms with Crippen LogP contribution in [0.1, 0.15) is 30.5 Å². The molecule has 0 spiro atoms. The molecule has 0 fully saturated rings. The van der Waals surface area contributed by atoms with E-state index in [1.165, 1.54) is 24.1 Å². The molecule has 9 heteroatoms. The second-order valence-electron chi connectivity index (χ2n) is 9.05. The SMILES string of the molecule is CCOc1ccc(N(CC(=O)N(Cc2ccc(C)cc2)[C@@H](C)C(=O)NC)S(=O)(=O)c2ccc(C)cc2)cc1. The smallest absolute Gasteiger partial charge is 0.264 e. The molecule has 0 saturated heterocycles. The summed E-state index contributed by atoms with van der Waals surface area (Å²) < 4.78 is 34.2. The Balaban J connectivity index is 2.02. The van der Waals surface area contributed by atoms with E-state index in [4.69, 9.17) is 4.74 Å². The average molecular weight is 538 g/mol. The molecule has 0 radical (unpaired) electrons. The second kappa shape index (κ2) is 12.6. The molecule has 1 N–H and O–H groups in total. The van der Waals surface area contributed by atoms with Gasteiger partial charge in [-0.25, -0.2) is 8.42 Å². The van der Waals surface area contributed by atoms with Crippen LogP contribution in [0, 0.1) is 13.8 Å². The lowest BCUT2D eigenvalue weighted by Crippen LogP contribution is -2.50. The largest absolute Gasteiger partial charge is 0.494 e. The van der Waals surface area contributed by atoms with Crippen molar-refractivity contribution in [2.45, 2.75) is 45.2 Å². The molecule has 3 aromatic rings. The Morgan fingerprint density at radius 1 is 0.895 bits per heavy atom. The molecule has 38 heavy (non-hydrogen) atoms. The molecule has 2 amide bonds. The van der Waals surface area contributed by atoms with Crippen molar-refractivity contribution < 1.29 is 22.7 Å². The fourth-order valence-electron chi connectivity index (χ4n) is 3.92. The van der Waals surface area contributed by atoms with Crippen molar-refractivity contribution in [3.8, 4) is 5.75 Å². The molecule has 8 nitrogen and oxygen atoms in total. The van der Waals surface area contributed by atoms with E-state index >= 15 is 0 Å². The predicted molar refractivity (Wildman–Crippen MR) is 149 cm³/mol. The molecule has 0 heterocycles. The summed E-state index contributed by atoms with van der Waals surface area (Å²) in [5.41, 5.74) is 3.12. The fraction of sp³-hybridized carbons (Fsp3) is 0.310. The number of nitrogens with one attached hydrogen (secondary N) is 1. The molecule has 0 saturated carbocycles. The van der Waals surface area contributed by atoms with Gasteiger partial charge in [0.25, 0.3) is 10.0 Å². The molecule has 1 atom stereocenters. The Hall–Kier alpha value is -3.85. The Morgan fingerprint density at radius 2 is 1.45 bits per heavy atom. The van der Waals surface area contributed by atoms with E-state index in [9.17, 15) is 18.0 Å². The normalized spacial score (nSPS) is 11.9. The third kappa shape index (κ3) is 6.92. The summed E-state index contributed by atoms with van der Waals surface area (Å²) in [6.45, 7) is 7.44. The van der Waals surface area contributed by atoms with Gasteiger partial charge in [-0.1, -0.05) is 47.5 Å². The number of hydrogen-bond donors (Lipinski definition) is 1. The van der Waals surface area contributed by atoms with Crippen molar-refractivity contribution in [2.75, 3.05) is 24.5 Å². The maximum Gasteiger partial charge on any atom is 0.264 e. The highest BCUT2D eigenvalue weighted by Crippen LogP contribution is 2.27. The molecule has 0 aliphatic rings. The van der Waals surface area contributed by atoms with Gasteiger partial charge >= 0.3 is 0 Å². The molecule has 3 rings (SSSR count). The van der Waals surface area contributed by atoms with Crippen LogP contribution in [0.3, 0.4) is 0 Å². The number of likely N-dealkylation sites (N-methyl/N-ethyl adjacent to an activating group) is 1. The van der Waals surface area contributed by atoms with Crippen LogP contribution >= 0.6 is 0 Å². The maximum absolute atomic E-state index is 13.8. The molecule has 0 bridgehead atoms. The van der Waals surface area contributed by atoms with E-state index in [-0.39, 0.29) is 17.3 Å². The average Bonchev–Trinajstić information content (AvgIpc) is 2.91. The zero-order valence-corrected chi connectivity index (χ0v) is 23.3. The highest BCUT2D eigenvalue weighted by Gasteiger charge is 2.32. The third-order valence-corrected chi connectivity index (χ3v) is 8.00. The molecular weight excluding hydrogens is 502 g/mol. The van der Waals surface area contributed by atoms with E-state index in [2.05, 4.69) is 5.32 Å². The first-order valence-electron chi connectivity index (χ1n) is 12.5. The van der Waals surface area contributed by atoms with Crippen molar-refractivity contribution in [1.82, 2.24) is 10.2 Å². The number of rotatable bonds is 11. The molecule has 0 aromatic heterocycles. The molecule has 3 aromatic carbocycles. The van der Waals surface area contributed by atoms with Gasteiger partial charge in [0.05, 0.1) is 17.2 Å². The number of ether oxygens (including phenoxy) is 1. The number of benzene rings is 3. The summed E-state index contributed by atoms with van der Waals surface area (Å²) in [4.78, 5) is 27.8. The van der Waals surface area contributed by atoms with Gasteiger partial charge in [0.2, 0.25) is 11.8 Å². The van der Waals surface area contributed by atoms with Crippen LogP contribution in [-0.4, -0.2) is 51.4 Å². The van der Waals surface area contributed by atoms with Crippen LogP contribution in [0.5, 0.6) is 5.75 Å². The highest BCUT2D eigenvalue weighted by molar-refractivity contribution is 7.92. The Labute approximate surface area is 225 Å². The number of amides is 2. The quantitative estimate of drug-likeness (QED) is 0.398. The summed E-state index contributed by atoms with van der Waals surface area (Å²) in [6, 6.07) is 19.8. The standard InChI is InChI=1S/C29H35N3O5S/c1-6-37-26-15-13-25(14-16-26)32(38(35,36)27-17-9-22(3)10-18-27)20-28(33)31(23(4)29(34)30-5)19-24-11-7-21(2)8-12-24/h7-18,23H,6,19-20H2,1-5H3,(H,30,34)/t23-/m0/s1. The number of anilines is 1. The van der Waals surface area contributed by atoms with Crippen LogP contribution < -0.4 is 14.4 Å². The van der Waals surface area contributed by atoms with Crippen LogP contribution in [0.2, 0.25) is 0 Å². The van der Waals surface area contributed by atoms with E-state index < -0.39 is 28.5 Å². The van der Waals surface area contributed by atoms with E-state index in [0.717, 1.165) is 21.0 Å². The minimum absolute atomic E-state index is 0.0641. The van der Waals surface area contributed by atoms with Gasteiger partial charge in [0.15, 0.2) is 0 Å². The van der Waals surface area contributed by atoms with Crippen molar-refractivity contribution >= 4 is 27.5 Å². The van der Waals surface area contributed by atoms with Crippen molar-refractivity contribution in [1.29, 1.82) is 0 Å². The number of hydrogen-bond acceptors (Lipinski definition) is 5. The number of nitrogens with zero attached hydrogens (tertiary/aromatic N) is 2. The first kappa shape index (κ1) is 28.7. The Kier molecular flexibility index (Phi) is 9.52. The predicted octanol–water partition coefficient (Wildman–Crippen LogP) is 4.06. The topological polar surface area (TPSA) is 96.0 Å². The van der Waals surface area contributed by atoms with Crippen molar-refractivity contribution in [3.05, 3.63) is 89.5 Å². The minimum atomic E-state index is -4.11. The number of carbonyl (C=O) groups excluding carboxylic acids is 2. The molecule has 202 valence electrons. The Bertz CT molecular complexity index is 1340. The van der Waals surface area contributed by atoms with Crippen molar-refractivity contribution in [2.24, 2.45) is 0 Å². The van der Waals surface area contributed by atoms with Crippen molar-refractivity contribution in [3.63, 3.8) is 0 Å². The van der Waals surface area contributed by atoms with E-state index in [1.807, 2.05) is 45.0 Å². The van der Waals surface area contributed by atoms with Gasteiger partial charge < -0.3 is 15.0 Å². The lowest BCUT2D eigenvalue weighted by Gasteiger charge is -2.31. The lowest BCUT2D eigenvalue weighted by atomic mass is 10.1. The maximum atomic E-state index is 13.8. The summed E-state index contributed by atoms with van der Waals surface area (Å²) in [6.07, 6.45) is 0. The zero-order chi connectivity index (χ0) is 27.9. The first-order chi connectivity index (χ1) is 18.1. The van der Waals surface area contributed by atoms with Gasteiger partial charge in [0.1, 0.15) is 18.3 Å². The van der Waals surface area contributed by atoms with Gasteiger partial charge in [-0.3, -0.25) is 13.9 Å². The van der Waals surface area contributed by atoms with Gasteiger partial charge in [0, 0.05) is 13.6 Å². The Morgan fingerprint density at radius 3 is 1.97 bits per heavy atom. The van der Waals surface area contributed by atoms with E-state index in [0.29, 0.717) is 18.0 Å².